The Hall–Kier alpha value is -2.80. The number of rotatable bonds is 11. The first-order chi connectivity index (χ1) is 13.8. The molecule has 6 nitrogen and oxygen atoms in total. The van der Waals surface area contributed by atoms with E-state index >= 15 is 0 Å². The topological polar surface area (TPSA) is 97.4 Å². The Morgan fingerprint density at radius 2 is 1.66 bits per heavy atom. The molecule has 0 aromatic heterocycles. The molecule has 1 atom stereocenters. The number of nitrogens with one attached hydrogen (secondary N) is 1. The number of aldehydes is 1. The van der Waals surface area contributed by atoms with E-state index in [0.717, 1.165) is 6.29 Å². The zero-order valence-electron chi connectivity index (χ0n) is 16.3. The van der Waals surface area contributed by atoms with E-state index < -0.39 is 21.8 Å². The lowest BCUT2D eigenvalue weighted by atomic mass is 9.95. The second-order valence-electron chi connectivity index (χ2n) is 6.84. The van der Waals surface area contributed by atoms with E-state index in [1.807, 2.05) is 6.07 Å². The van der Waals surface area contributed by atoms with E-state index in [1.54, 1.807) is 55.5 Å². The lowest BCUT2D eigenvalue weighted by Crippen LogP contribution is -2.35. The van der Waals surface area contributed by atoms with Crippen molar-refractivity contribution in [2.24, 2.45) is 0 Å². The van der Waals surface area contributed by atoms with Gasteiger partial charge in [0, 0.05) is 17.5 Å². The number of amides is 1. The van der Waals surface area contributed by atoms with E-state index in [1.165, 1.54) is 0 Å². The smallest absolute Gasteiger partial charge is 0.240 e. The van der Waals surface area contributed by atoms with E-state index in [4.69, 9.17) is 0 Å². The average molecular weight is 416 g/mol. The van der Waals surface area contributed by atoms with Crippen molar-refractivity contribution in [2.45, 2.75) is 38.5 Å². The van der Waals surface area contributed by atoms with Crippen LogP contribution in [0.1, 0.15) is 60.0 Å². The lowest BCUT2D eigenvalue weighted by molar-refractivity contribution is -0.120. The van der Waals surface area contributed by atoms with Gasteiger partial charge in [-0.05, 0) is 31.4 Å². The number of sulfonamides is 1. The minimum atomic E-state index is -3.75. The first-order valence-corrected chi connectivity index (χ1v) is 11.2. The Morgan fingerprint density at radius 3 is 2.34 bits per heavy atom. The van der Waals surface area contributed by atoms with Crippen molar-refractivity contribution in [3.05, 3.63) is 71.3 Å². The highest BCUT2D eigenvalue weighted by Crippen LogP contribution is 2.19. The van der Waals surface area contributed by atoms with Crippen molar-refractivity contribution >= 4 is 28.0 Å². The van der Waals surface area contributed by atoms with Crippen LogP contribution < -0.4 is 4.72 Å². The standard InChI is InChI=1S/C22H25NO5S/c1-17(22(26)23-29(27,28)15-8-3-2-7-14-24)19-12-9-13-20(16-19)21(25)18-10-5-4-6-11-18/h4-6,9-14,16-17H,2-3,7-8,15H2,1H3,(H,23,26). The largest absolute Gasteiger partial charge is 0.303 e. The van der Waals surface area contributed by atoms with Crippen LogP contribution in [0.3, 0.4) is 0 Å². The molecule has 0 fully saturated rings. The molecule has 1 unspecified atom stereocenters. The summed E-state index contributed by atoms with van der Waals surface area (Å²) in [5.74, 6) is -1.70. The van der Waals surface area contributed by atoms with Crippen LogP contribution >= 0.6 is 0 Å². The van der Waals surface area contributed by atoms with Gasteiger partial charge in [0.2, 0.25) is 15.9 Å². The van der Waals surface area contributed by atoms with E-state index in [9.17, 15) is 22.8 Å². The quantitative estimate of drug-likeness (QED) is 0.345. The number of hydrogen-bond acceptors (Lipinski definition) is 5. The molecule has 2 rings (SSSR count). The number of benzene rings is 2. The normalized spacial score (nSPS) is 12.2. The molecule has 2 aromatic carbocycles. The second-order valence-corrected chi connectivity index (χ2v) is 8.69. The minimum absolute atomic E-state index is 0.164. The first kappa shape index (κ1) is 22.5. The van der Waals surface area contributed by atoms with E-state index in [2.05, 4.69) is 4.72 Å². The molecule has 0 saturated carbocycles. The van der Waals surface area contributed by atoms with Crippen molar-refractivity contribution in [2.75, 3.05) is 5.75 Å². The summed E-state index contributed by atoms with van der Waals surface area (Å²) >= 11 is 0. The third kappa shape index (κ3) is 6.94. The molecule has 0 heterocycles. The zero-order valence-corrected chi connectivity index (χ0v) is 17.2. The Bertz CT molecular complexity index is 954. The first-order valence-electron chi connectivity index (χ1n) is 9.52. The molecule has 29 heavy (non-hydrogen) atoms. The van der Waals surface area contributed by atoms with Gasteiger partial charge in [0.1, 0.15) is 6.29 Å². The fraction of sp³-hybridized carbons (Fsp3) is 0.318. The molecule has 7 heteroatoms. The monoisotopic (exact) mass is 415 g/mol. The van der Waals surface area contributed by atoms with Crippen LogP contribution in [0.5, 0.6) is 0 Å². The minimum Gasteiger partial charge on any atom is -0.303 e. The van der Waals surface area contributed by atoms with E-state index in [0.29, 0.717) is 42.4 Å². The summed E-state index contributed by atoms with van der Waals surface area (Å²) < 4.78 is 26.3. The van der Waals surface area contributed by atoms with Crippen LogP contribution in [0.25, 0.3) is 0 Å². The average Bonchev–Trinajstić information content (AvgIpc) is 2.72. The van der Waals surface area contributed by atoms with Crippen LogP contribution in [-0.4, -0.2) is 32.1 Å². The summed E-state index contributed by atoms with van der Waals surface area (Å²) in [5.41, 5.74) is 1.54. The van der Waals surface area contributed by atoms with Gasteiger partial charge in [-0.25, -0.2) is 8.42 Å². The summed E-state index contributed by atoms with van der Waals surface area (Å²) in [5, 5.41) is 0. The third-order valence-corrected chi connectivity index (χ3v) is 5.91. The molecule has 0 aliphatic heterocycles. The molecule has 1 amide bonds. The highest BCUT2D eigenvalue weighted by Gasteiger charge is 2.22. The van der Waals surface area contributed by atoms with Crippen molar-refractivity contribution in [3.63, 3.8) is 0 Å². The van der Waals surface area contributed by atoms with Gasteiger partial charge in [0.05, 0.1) is 11.7 Å². The number of hydrogen-bond donors (Lipinski definition) is 1. The van der Waals surface area contributed by atoms with Crippen LogP contribution in [0.4, 0.5) is 0 Å². The van der Waals surface area contributed by atoms with Gasteiger partial charge in [-0.15, -0.1) is 0 Å². The molecule has 0 bridgehead atoms. The molecule has 0 aliphatic rings. The molecule has 154 valence electrons. The molecular weight excluding hydrogens is 390 g/mol. The molecule has 0 aliphatic carbocycles. The van der Waals surface area contributed by atoms with Crippen LogP contribution in [0.15, 0.2) is 54.6 Å². The Labute approximate surface area is 171 Å². The molecule has 0 saturated heterocycles. The SMILES string of the molecule is CC(C(=O)NS(=O)(=O)CCCCCC=O)c1cccc(C(=O)c2ccccc2)c1. The predicted molar refractivity (Wildman–Crippen MR) is 111 cm³/mol. The Morgan fingerprint density at radius 1 is 0.966 bits per heavy atom. The van der Waals surface area contributed by atoms with Gasteiger partial charge in [-0.2, -0.15) is 0 Å². The van der Waals surface area contributed by atoms with Gasteiger partial charge in [-0.1, -0.05) is 55.0 Å². The van der Waals surface area contributed by atoms with Crippen LogP contribution in [0.2, 0.25) is 0 Å². The molecule has 2 aromatic rings. The summed E-state index contributed by atoms with van der Waals surface area (Å²) in [6, 6.07) is 15.5. The highest BCUT2D eigenvalue weighted by molar-refractivity contribution is 7.90. The summed E-state index contributed by atoms with van der Waals surface area (Å²) in [4.78, 5) is 35.3. The van der Waals surface area contributed by atoms with Crippen molar-refractivity contribution in [3.8, 4) is 0 Å². The fourth-order valence-electron chi connectivity index (χ4n) is 2.85. The molecule has 0 spiro atoms. The molecule has 0 radical (unpaired) electrons. The predicted octanol–water partition coefficient (Wildman–Crippen LogP) is 3.23. The molecular formula is C22H25NO5S. The summed E-state index contributed by atoms with van der Waals surface area (Å²) in [7, 11) is -3.75. The third-order valence-electron chi connectivity index (χ3n) is 4.57. The van der Waals surface area contributed by atoms with Gasteiger partial charge in [-0.3, -0.25) is 14.3 Å². The van der Waals surface area contributed by atoms with Crippen LogP contribution in [-0.2, 0) is 19.6 Å². The Balaban J connectivity index is 2.02. The Kier molecular flexibility index (Phi) is 8.27. The number of carbonyl (C=O) groups is 3. The van der Waals surface area contributed by atoms with Gasteiger partial charge in [0.25, 0.3) is 0 Å². The maximum Gasteiger partial charge on any atom is 0.240 e. The van der Waals surface area contributed by atoms with Gasteiger partial charge in [0.15, 0.2) is 5.78 Å². The van der Waals surface area contributed by atoms with Crippen molar-refractivity contribution in [1.82, 2.24) is 4.72 Å². The maximum atomic E-state index is 12.6. The summed E-state index contributed by atoms with van der Waals surface area (Å²) in [6.45, 7) is 1.60. The molecule has 1 N–H and O–H groups in total. The van der Waals surface area contributed by atoms with Crippen molar-refractivity contribution in [1.29, 1.82) is 0 Å². The van der Waals surface area contributed by atoms with Gasteiger partial charge < -0.3 is 4.79 Å². The van der Waals surface area contributed by atoms with Crippen molar-refractivity contribution < 1.29 is 22.8 Å². The second kappa shape index (κ2) is 10.7. The summed E-state index contributed by atoms with van der Waals surface area (Å²) in [6.07, 6.45) is 2.82. The lowest BCUT2D eigenvalue weighted by Gasteiger charge is -2.14. The zero-order chi connectivity index (χ0) is 21.3. The number of carbonyl (C=O) groups excluding carboxylic acids is 3. The number of ketones is 1. The number of unbranched alkanes of at least 4 members (excludes halogenated alkanes) is 3. The van der Waals surface area contributed by atoms with Crippen LogP contribution in [0, 0.1) is 0 Å². The van der Waals surface area contributed by atoms with Gasteiger partial charge >= 0.3 is 0 Å². The highest BCUT2D eigenvalue weighted by atomic mass is 32.2. The van der Waals surface area contributed by atoms with E-state index in [-0.39, 0.29) is 11.5 Å². The maximum absolute atomic E-state index is 12.6. The fourth-order valence-corrected chi connectivity index (χ4v) is 4.02.